The van der Waals surface area contributed by atoms with Crippen molar-refractivity contribution in [1.29, 1.82) is 0 Å². The molecule has 1 unspecified atom stereocenters. The van der Waals surface area contributed by atoms with Crippen LogP contribution < -0.4 is 10.1 Å². The van der Waals surface area contributed by atoms with Gasteiger partial charge in [0.15, 0.2) is 0 Å². The quantitative estimate of drug-likeness (QED) is 0.677. The predicted octanol–water partition coefficient (Wildman–Crippen LogP) is 3.60. The van der Waals surface area contributed by atoms with E-state index in [9.17, 15) is 4.79 Å². The van der Waals surface area contributed by atoms with E-state index >= 15 is 0 Å². The van der Waals surface area contributed by atoms with Gasteiger partial charge < -0.3 is 14.5 Å². The number of hydrogen-bond donors (Lipinski definition) is 1. The number of para-hydroxylation sites is 1. The number of nitrogens with zero attached hydrogens (tertiary/aromatic N) is 2. The van der Waals surface area contributed by atoms with Gasteiger partial charge in [-0.25, -0.2) is 4.98 Å². The zero-order valence-corrected chi connectivity index (χ0v) is 15.2. The molecule has 0 radical (unpaired) electrons. The van der Waals surface area contributed by atoms with E-state index < -0.39 is 0 Å². The van der Waals surface area contributed by atoms with E-state index in [2.05, 4.69) is 10.3 Å². The van der Waals surface area contributed by atoms with E-state index in [1.165, 1.54) is 0 Å². The summed E-state index contributed by atoms with van der Waals surface area (Å²) >= 11 is 1.74. The average molecular weight is 367 g/mol. The lowest BCUT2D eigenvalue weighted by molar-refractivity contribution is -0.121. The van der Waals surface area contributed by atoms with Gasteiger partial charge in [0.2, 0.25) is 5.91 Å². The first-order valence-corrected chi connectivity index (χ1v) is 9.96. The molecular formula is C20H21N3O2S. The maximum atomic E-state index is 12.3. The van der Waals surface area contributed by atoms with Gasteiger partial charge in [-0.05, 0) is 18.2 Å². The summed E-state index contributed by atoms with van der Waals surface area (Å²) in [6.45, 7) is 0.643. The van der Waals surface area contributed by atoms with Crippen LogP contribution in [0.25, 0.3) is 5.65 Å². The number of rotatable bonds is 6. The number of pyridine rings is 1. The van der Waals surface area contributed by atoms with Crippen LogP contribution in [0.5, 0.6) is 5.75 Å². The van der Waals surface area contributed by atoms with Gasteiger partial charge in [-0.1, -0.05) is 24.3 Å². The topological polar surface area (TPSA) is 55.6 Å². The van der Waals surface area contributed by atoms with Gasteiger partial charge in [0.25, 0.3) is 0 Å². The van der Waals surface area contributed by atoms with Crippen molar-refractivity contribution in [3.8, 4) is 5.75 Å². The molecule has 0 saturated carbocycles. The molecule has 1 aliphatic rings. The predicted molar refractivity (Wildman–Crippen MR) is 103 cm³/mol. The molecule has 3 aromatic rings. The van der Waals surface area contributed by atoms with Gasteiger partial charge in [0.1, 0.15) is 11.4 Å². The molecule has 0 fully saturated rings. The molecule has 0 bridgehead atoms. The molecule has 2 aromatic heterocycles. The minimum Gasteiger partial charge on any atom is -0.493 e. The molecule has 0 aliphatic carbocycles. The summed E-state index contributed by atoms with van der Waals surface area (Å²) in [5, 5.41) is 3.14. The lowest BCUT2D eigenvalue weighted by atomic mass is 10.0. The number of hydrogen-bond acceptors (Lipinski definition) is 4. The second kappa shape index (κ2) is 7.83. The second-order valence-corrected chi connectivity index (χ2v) is 7.40. The highest BCUT2D eigenvalue weighted by Gasteiger charge is 2.22. The number of fused-ring (bicyclic) bond motifs is 2. The number of imidazole rings is 1. The van der Waals surface area contributed by atoms with Crippen molar-refractivity contribution in [2.75, 3.05) is 12.4 Å². The molecular weight excluding hydrogens is 346 g/mol. The van der Waals surface area contributed by atoms with Crippen molar-refractivity contribution < 1.29 is 9.53 Å². The van der Waals surface area contributed by atoms with Crippen molar-refractivity contribution in [2.45, 2.75) is 24.6 Å². The largest absolute Gasteiger partial charge is 0.493 e. The van der Waals surface area contributed by atoms with E-state index in [0.29, 0.717) is 13.0 Å². The van der Waals surface area contributed by atoms with E-state index in [4.69, 9.17) is 4.74 Å². The van der Waals surface area contributed by atoms with Crippen LogP contribution in [-0.4, -0.2) is 27.7 Å². The average Bonchev–Trinajstić information content (AvgIpc) is 3.08. The Hall–Kier alpha value is -2.47. The van der Waals surface area contributed by atoms with Gasteiger partial charge >= 0.3 is 0 Å². The Morgan fingerprint density at radius 3 is 3.08 bits per heavy atom. The fourth-order valence-corrected chi connectivity index (χ4v) is 3.98. The molecule has 1 amide bonds. The maximum absolute atomic E-state index is 12.3. The molecule has 0 spiro atoms. The molecule has 1 aromatic carbocycles. The number of nitrogens with one attached hydrogen (secondary N) is 1. The fourth-order valence-electron chi connectivity index (χ4n) is 3.16. The van der Waals surface area contributed by atoms with E-state index in [0.717, 1.165) is 40.6 Å². The van der Waals surface area contributed by atoms with E-state index in [1.54, 1.807) is 11.8 Å². The van der Waals surface area contributed by atoms with Gasteiger partial charge in [-0.3, -0.25) is 4.79 Å². The Kier molecular flexibility index (Phi) is 5.11. The third-order valence-electron chi connectivity index (χ3n) is 4.43. The van der Waals surface area contributed by atoms with Crippen LogP contribution >= 0.6 is 11.8 Å². The molecule has 26 heavy (non-hydrogen) atoms. The summed E-state index contributed by atoms with van der Waals surface area (Å²) in [7, 11) is 0. The Balaban J connectivity index is 1.24. The van der Waals surface area contributed by atoms with Crippen LogP contribution in [0.15, 0.2) is 54.9 Å². The highest BCUT2D eigenvalue weighted by Crippen LogP contribution is 2.31. The second-order valence-electron chi connectivity index (χ2n) is 6.30. The molecule has 134 valence electrons. The number of benzene rings is 1. The van der Waals surface area contributed by atoms with Crippen molar-refractivity contribution in [3.63, 3.8) is 0 Å². The Morgan fingerprint density at radius 2 is 2.15 bits per heavy atom. The van der Waals surface area contributed by atoms with Gasteiger partial charge in [0.05, 0.1) is 18.3 Å². The highest BCUT2D eigenvalue weighted by molar-refractivity contribution is 7.98. The summed E-state index contributed by atoms with van der Waals surface area (Å²) in [5.74, 6) is 2.57. The number of carbonyl (C=O) groups is 1. The smallest absolute Gasteiger partial charge is 0.221 e. The van der Waals surface area contributed by atoms with Crippen molar-refractivity contribution >= 4 is 23.3 Å². The minimum atomic E-state index is 0.0517. The summed E-state index contributed by atoms with van der Waals surface area (Å²) in [6.07, 6.45) is 5.37. The molecule has 1 N–H and O–H groups in total. The van der Waals surface area contributed by atoms with Crippen molar-refractivity contribution in [2.24, 2.45) is 0 Å². The highest BCUT2D eigenvalue weighted by atomic mass is 32.2. The number of amides is 1. The zero-order valence-electron chi connectivity index (χ0n) is 14.4. The van der Waals surface area contributed by atoms with Crippen LogP contribution in [-0.2, 0) is 10.5 Å². The van der Waals surface area contributed by atoms with E-state index in [-0.39, 0.29) is 11.9 Å². The molecule has 5 nitrogen and oxygen atoms in total. The van der Waals surface area contributed by atoms with Crippen LogP contribution in [0.2, 0.25) is 0 Å². The molecule has 1 atom stereocenters. The van der Waals surface area contributed by atoms with Crippen molar-refractivity contribution in [1.82, 2.24) is 14.7 Å². The number of carbonyl (C=O) groups excluding carboxylic acids is 1. The zero-order chi connectivity index (χ0) is 17.8. The molecule has 1 aliphatic heterocycles. The third-order valence-corrected chi connectivity index (χ3v) is 5.42. The van der Waals surface area contributed by atoms with Crippen LogP contribution in [0.3, 0.4) is 0 Å². The van der Waals surface area contributed by atoms with Crippen LogP contribution in [0, 0.1) is 0 Å². The summed E-state index contributed by atoms with van der Waals surface area (Å²) in [4.78, 5) is 16.9. The Labute approximate surface area is 156 Å². The first-order chi connectivity index (χ1) is 12.8. The van der Waals surface area contributed by atoms with Crippen LogP contribution in [0.1, 0.15) is 30.1 Å². The Morgan fingerprint density at radius 1 is 1.27 bits per heavy atom. The SMILES string of the molecule is O=C(CCSCc1cn2ccccc2n1)NC1CCOc2ccccc21. The standard InChI is InChI=1S/C20H21N3O2S/c24-20(22-17-8-11-25-18-6-2-1-5-16(17)18)9-12-26-14-15-13-23-10-4-3-7-19(23)21-15/h1-7,10,13,17H,8-9,11-12,14H2,(H,22,24). The first kappa shape index (κ1) is 17.0. The van der Waals surface area contributed by atoms with E-state index in [1.807, 2.05) is 59.3 Å². The molecule has 6 heteroatoms. The van der Waals surface area contributed by atoms with Gasteiger partial charge in [-0.2, -0.15) is 11.8 Å². The lowest BCUT2D eigenvalue weighted by Gasteiger charge is -2.26. The normalized spacial score (nSPS) is 16.1. The minimum absolute atomic E-state index is 0.0517. The van der Waals surface area contributed by atoms with Gasteiger partial charge in [0, 0.05) is 42.3 Å². The molecule has 0 saturated heterocycles. The Bertz CT molecular complexity index is 876. The summed E-state index contributed by atoms with van der Waals surface area (Å²) in [5.41, 5.74) is 3.07. The first-order valence-electron chi connectivity index (χ1n) is 8.81. The maximum Gasteiger partial charge on any atom is 0.221 e. The number of thioether (sulfide) groups is 1. The van der Waals surface area contributed by atoms with Crippen molar-refractivity contribution in [3.05, 3.63) is 66.1 Å². The van der Waals surface area contributed by atoms with Gasteiger partial charge in [-0.15, -0.1) is 0 Å². The fraction of sp³-hybridized carbons (Fsp3) is 0.300. The summed E-state index contributed by atoms with van der Waals surface area (Å²) < 4.78 is 7.66. The third kappa shape index (κ3) is 3.85. The number of aromatic nitrogens is 2. The summed E-state index contributed by atoms with van der Waals surface area (Å²) in [6, 6.07) is 13.9. The molecule has 3 heterocycles. The van der Waals surface area contributed by atoms with Crippen LogP contribution in [0.4, 0.5) is 0 Å². The number of ether oxygens (including phenoxy) is 1. The monoisotopic (exact) mass is 367 g/mol. The molecule has 4 rings (SSSR count). The lowest BCUT2D eigenvalue weighted by Crippen LogP contribution is -2.32.